The highest BCUT2D eigenvalue weighted by Crippen LogP contribution is 2.30. The van der Waals surface area contributed by atoms with Crippen LogP contribution in [0.1, 0.15) is 21.5 Å². The van der Waals surface area contributed by atoms with E-state index < -0.39 is 0 Å². The number of pyridine rings is 1. The minimum absolute atomic E-state index is 0.0294. The first-order valence-electron chi connectivity index (χ1n) is 8.52. The summed E-state index contributed by atoms with van der Waals surface area (Å²) in [5, 5.41) is 2.90. The molecule has 3 nitrogen and oxygen atoms in total. The monoisotopic (exact) mass is 362 g/mol. The van der Waals surface area contributed by atoms with Crippen molar-refractivity contribution in [3.05, 3.63) is 77.7 Å². The van der Waals surface area contributed by atoms with Crippen molar-refractivity contribution < 1.29 is 4.79 Å². The molecule has 0 fully saturated rings. The Morgan fingerprint density at radius 3 is 2.46 bits per heavy atom. The number of rotatable bonds is 6. The molecule has 3 aromatic rings. The second kappa shape index (κ2) is 7.67. The zero-order valence-electron chi connectivity index (χ0n) is 15.2. The van der Waals surface area contributed by atoms with Gasteiger partial charge in [0.15, 0.2) is 0 Å². The van der Waals surface area contributed by atoms with Crippen molar-refractivity contribution >= 4 is 28.1 Å². The standard InChI is InChI=1S/C22H22N2OS/c1-5-9-24(10-6-2)22(25)18-14-20(21-8-7-11-26-21)23-19-13-16(4)15(3)12-17(18)19/h5-8,11-14H,1-2,9-10H2,3-4H3. The quantitative estimate of drug-likeness (QED) is 0.551. The lowest BCUT2D eigenvalue weighted by Gasteiger charge is -2.21. The van der Waals surface area contributed by atoms with Crippen LogP contribution in [0.3, 0.4) is 0 Å². The van der Waals surface area contributed by atoms with E-state index in [-0.39, 0.29) is 5.91 Å². The van der Waals surface area contributed by atoms with Gasteiger partial charge < -0.3 is 4.90 Å². The largest absolute Gasteiger partial charge is 0.331 e. The first-order valence-corrected chi connectivity index (χ1v) is 9.40. The fourth-order valence-corrected chi connectivity index (χ4v) is 3.62. The van der Waals surface area contributed by atoms with E-state index in [0.717, 1.165) is 27.0 Å². The van der Waals surface area contributed by atoms with Gasteiger partial charge >= 0.3 is 0 Å². The third kappa shape index (κ3) is 3.46. The van der Waals surface area contributed by atoms with Crippen LogP contribution < -0.4 is 0 Å². The molecule has 3 rings (SSSR count). The Labute approximate surface area is 158 Å². The van der Waals surface area contributed by atoms with Crippen LogP contribution in [-0.4, -0.2) is 28.9 Å². The summed E-state index contributed by atoms with van der Waals surface area (Å²) >= 11 is 1.62. The Balaban J connectivity index is 2.23. The lowest BCUT2D eigenvalue weighted by molar-refractivity contribution is 0.0793. The zero-order valence-corrected chi connectivity index (χ0v) is 16.0. The fourth-order valence-electron chi connectivity index (χ4n) is 2.94. The number of hydrogen-bond acceptors (Lipinski definition) is 3. The molecule has 0 spiro atoms. The second-order valence-corrected chi connectivity index (χ2v) is 7.22. The predicted molar refractivity (Wildman–Crippen MR) is 111 cm³/mol. The van der Waals surface area contributed by atoms with Crippen LogP contribution in [0.15, 0.2) is 61.0 Å². The number of carbonyl (C=O) groups is 1. The summed E-state index contributed by atoms with van der Waals surface area (Å²) in [5.74, 6) is -0.0294. The van der Waals surface area contributed by atoms with E-state index in [0.29, 0.717) is 18.7 Å². The highest BCUT2D eigenvalue weighted by molar-refractivity contribution is 7.13. The molecule has 1 aromatic carbocycles. The van der Waals surface area contributed by atoms with E-state index in [2.05, 4.69) is 39.1 Å². The molecule has 132 valence electrons. The summed E-state index contributed by atoms with van der Waals surface area (Å²) in [5.41, 5.74) is 4.66. The van der Waals surface area contributed by atoms with Crippen LogP contribution in [0.25, 0.3) is 21.5 Å². The van der Waals surface area contributed by atoms with Crippen LogP contribution in [0.2, 0.25) is 0 Å². The lowest BCUT2D eigenvalue weighted by atomic mass is 10.0. The summed E-state index contributed by atoms with van der Waals surface area (Å²) in [6.07, 6.45) is 3.47. The number of amides is 1. The first kappa shape index (κ1) is 18.1. The van der Waals surface area contributed by atoms with Crippen molar-refractivity contribution in [3.63, 3.8) is 0 Å². The molecule has 26 heavy (non-hydrogen) atoms. The van der Waals surface area contributed by atoms with Crippen molar-refractivity contribution in [2.45, 2.75) is 13.8 Å². The zero-order chi connectivity index (χ0) is 18.7. The van der Waals surface area contributed by atoms with Crippen molar-refractivity contribution in [2.24, 2.45) is 0 Å². The fraction of sp³-hybridized carbons (Fsp3) is 0.182. The summed E-state index contributed by atoms with van der Waals surface area (Å²) < 4.78 is 0. The maximum absolute atomic E-state index is 13.3. The number of carbonyl (C=O) groups excluding carboxylic acids is 1. The van der Waals surface area contributed by atoms with Gasteiger partial charge in [0.05, 0.1) is 21.7 Å². The molecule has 2 aromatic heterocycles. The average Bonchev–Trinajstić information content (AvgIpc) is 3.16. The molecule has 4 heteroatoms. The number of fused-ring (bicyclic) bond motifs is 1. The van der Waals surface area contributed by atoms with Gasteiger partial charge in [0.1, 0.15) is 0 Å². The number of hydrogen-bond donors (Lipinski definition) is 0. The van der Waals surface area contributed by atoms with Gasteiger partial charge in [-0.15, -0.1) is 24.5 Å². The van der Waals surface area contributed by atoms with E-state index in [9.17, 15) is 4.79 Å². The highest BCUT2D eigenvalue weighted by atomic mass is 32.1. The van der Waals surface area contributed by atoms with Gasteiger partial charge in [0, 0.05) is 18.5 Å². The third-order valence-electron chi connectivity index (χ3n) is 4.41. The Morgan fingerprint density at radius 2 is 1.85 bits per heavy atom. The Kier molecular flexibility index (Phi) is 5.33. The van der Waals surface area contributed by atoms with Gasteiger partial charge in [-0.2, -0.15) is 0 Å². The van der Waals surface area contributed by atoms with Gasteiger partial charge in [-0.1, -0.05) is 18.2 Å². The average molecular weight is 362 g/mol. The minimum atomic E-state index is -0.0294. The van der Waals surface area contributed by atoms with E-state index in [1.807, 2.05) is 23.6 Å². The number of aryl methyl sites for hydroxylation is 2. The van der Waals surface area contributed by atoms with Crippen LogP contribution in [-0.2, 0) is 0 Å². The van der Waals surface area contributed by atoms with E-state index >= 15 is 0 Å². The molecule has 0 atom stereocenters. The van der Waals surface area contributed by atoms with Gasteiger partial charge in [0.2, 0.25) is 0 Å². The van der Waals surface area contributed by atoms with Crippen molar-refractivity contribution in [1.29, 1.82) is 0 Å². The third-order valence-corrected chi connectivity index (χ3v) is 5.31. The van der Waals surface area contributed by atoms with E-state index in [4.69, 9.17) is 4.98 Å². The normalized spacial score (nSPS) is 10.7. The van der Waals surface area contributed by atoms with Crippen LogP contribution in [0.4, 0.5) is 0 Å². The van der Waals surface area contributed by atoms with Gasteiger partial charge in [0.25, 0.3) is 5.91 Å². The molecule has 0 aliphatic heterocycles. The maximum Gasteiger partial charge on any atom is 0.255 e. The Bertz CT molecular complexity index is 963. The molecule has 0 saturated carbocycles. The van der Waals surface area contributed by atoms with Crippen molar-refractivity contribution in [1.82, 2.24) is 9.88 Å². The molecule has 2 heterocycles. The molecule has 0 radical (unpaired) electrons. The van der Waals surface area contributed by atoms with E-state index in [1.54, 1.807) is 28.4 Å². The molecule has 0 aliphatic rings. The Hall–Kier alpha value is -2.72. The Morgan fingerprint density at radius 1 is 1.15 bits per heavy atom. The highest BCUT2D eigenvalue weighted by Gasteiger charge is 2.19. The smallest absolute Gasteiger partial charge is 0.255 e. The van der Waals surface area contributed by atoms with E-state index in [1.165, 1.54) is 5.56 Å². The molecular weight excluding hydrogens is 340 g/mol. The van der Waals surface area contributed by atoms with Crippen LogP contribution >= 0.6 is 11.3 Å². The topological polar surface area (TPSA) is 33.2 Å². The molecule has 1 amide bonds. The SMILES string of the molecule is C=CCN(CC=C)C(=O)c1cc(-c2cccs2)nc2cc(C)c(C)cc12. The van der Waals surface area contributed by atoms with Crippen molar-refractivity contribution in [2.75, 3.05) is 13.1 Å². The van der Waals surface area contributed by atoms with Gasteiger partial charge in [-0.25, -0.2) is 4.98 Å². The molecule has 0 saturated heterocycles. The molecule has 0 bridgehead atoms. The van der Waals surface area contributed by atoms with Gasteiger partial charge in [-0.3, -0.25) is 4.79 Å². The minimum Gasteiger partial charge on any atom is -0.331 e. The molecule has 0 unspecified atom stereocenters. The summed E-state index contributed by atoms with van der Waals surface area (Å²) in [6, 6.07) is 10.0. The van der Waals surface area contributed by atoms with Crippen LogP contribution in [0, 0.1) is 13.8 Å². The van der Waals surface area contributed by atoms with Crippen LogP contribution in [0.5, 0.6) is 0 Å². The summed E-state index contributed by atoms with van der Waals surface area (Å²) in [7, 11) is 0. The lowest BCUT2D eigenvalue weighted by Crippen LogP contribution is -2.31. The predicted octanol–water partition coefficient (Wildman–Crippen LogP) is 5.39. The molecule has 0 N–H and O–H groups in total. The number of thiophene rings is 1. The van der Waals surface area contributed by atoms with Gasteiger partial charge in [-0.05, 0) is 54.6 Å². The second-order valence-electron chi connectivity index (χ2n) is 6.27. The number of benzene rings is 1. The first-order chi connectivity index (χ1) is 12.5. The number of aromatic nitrogens is 1. The van der Waals surface area contributed by atoms with Crippen molar-refractivity contribution in [3.8, 4) is 10.6 Å². The summed E-state index contributed by atoms with van der Waals surface area (Å²) in [6.45, 7) is 12.6. The summed E-state index contributed by atoms with van der Waals surface area (Å²) in [4.78, 5) is 20.9. The maximum atomic E-state index is 13.3. The number of nitrogens with zero attached hydrogens (tertiary/aromatic N) is 2. The molecule has 0 aliphatic carbocycles. The molecular formula is C22H22N2OS.